The second-order valence-corrected chi connectivity index (χ2v) is 7.40. The van der Waals surface area contributed by atoms with Crippen molar-refractivity contribution >= 4 is 15.9 Å². The minimum atomic E-state index is -3.71. The largest absolute Gasteiger partial charge is 0.354 e. The minimum absolute atomic E-state index is 0.150. The number of aryl methyl sites for hydroxylation is 1. The standard InChI is InChI=1S/C18H22N2O3S/c1-14-8-10-17(11-9-14)24(22,23)20-15(2)18(21)19-13-12-16-6-4-3-5-7-16/h3-11,15,20H,12-13H2,1-2H3,(H,19,21)/t15-/m1/s1. The summed E-state index contributed by atoms with van der Waals surface area (Å²) in [5, 5.41) is 2.75. The zero-order valence-electron chi connectivity index (χ0n) is 13.8. The average molecular weight is 346 g/mol. The molecule has 5 nitrogen and oxygen atoms in total. The van der Waals surface area contributed by atoms with E-state index in [0.717, 1.165) is 11.1 Å². The summed E-state index contributed by atoms with van der Waals surface area (Å²) in [6.07, 6.45) is 0.698. The fourth-order valence-corrected chi connectivity index (χ4v) is 3.40. The van der Waals surface area contributed by atoms with Gasteiger partial charge >= 0.3 is 0 Å². The molecule has 6 heteroatoms. The highest BCUT2D eigenvalue weighted by Crippen LogP contribution is 2.10. The third-order valence-corrected chi connectivity index (χ3v) is 5.17. The lowest BCUT2D eigenvalue weighted by atomic mass is 10.1. The number of rotatable bonds is 7. The highest BCUT2D eigenvalue weighted by molar-refractivity contribution is 7.89. The molecule has 0 heterocycles. The minimum Gasteiger partial charge on any atom is -0.354 e. The Kier molecular flexibility index (Phi) is 6.11. The van der Waals surface area contributed by atoms with Crippen molar-refractivity contribution < 1.29 is 13.2 Å². The van der Waals surface area contributed by atoms with E-state index in [4.69, 9.17) is 0 Å². The topological polar surface area (TPSA) is 75.3 Å². The number of amides is 1. The van der Waals surface area contributed by atoms with Gasteiger partial charge in [0.2, 0.25) is 15.9 Å². The van der Waals surface area contributed by atoms with Crippen LogP contribution in [0.2, 0.25) is 0 Å². The summed E-state index contributed by atoms with van der Waals surface area (Å²) >= 11 is 0. The number of benzene rings is 2. The van der Waals surface area contributed by atoms with E-state index < -0.39 is 16.1 Å². The molecule has 0 aliphatic heterocycles. The number of nitrogens with one attached hydrogen (secondary N) is 2. The number of sulfonamides is 1. The molecule has 0 bridgehead atoms. The third-order valence-electron chi connectivity index (χ3n) is 3.61. The van der Waals surface area contributed by atoms with Crippen molar-refractivity contribution in [1.82, 2.24) is 10.0 Å². The predicted molar refractivity (Wildman–Crippen MR) is 94.1 cm³/mol. The molecule has 0 fully saturated rings. The van der Waals surface area contributed by atoms with E-state index >= 15 is 0 Å². The van der Waals surface area contributed by atoms with E-state index in [1.807, 2.05) is 37.3 Å². The van der Waals surface area contributed by atoms with Gasteiger partial charge in [0.05, 0.1) is 10.9 Å². The average Bonchev–Trinajstić information content (AvgIpc) is 2.55. The second kappa shape index (κ2) is 8.08. The summed E-state index contributed by atoms with van der Waals surface area (Å²) < 4.78 is 26.9. The molecular weight excluding hydrogens is 324 g/mol. The van der Waals surface area contributed by atoms with Crippen molar-refractivity contribution in [1.29, 1.82) is 0 Å². The molecule has 1 amide bonds. The molecule has 0 aliphatic rings. The Morgan fingerprint density at radius 3 is 2.29 bits per heavy atom. The van der Waals surface area contributed by atoms with Gasteiger partial charge in [-0.15, -0.1) is 0 Å². The van der Waals surface area contributed by atoms with Gasteiger partial charge in [-0.25, -0.2) is 8.42 Å². The Morgan fingerprint density at radius 2 is 1.67 bits per heavy atom. The van der Waals surface area contributed by atoms with E-state index in [2.05, 4.69) is 10.0 Å². The van der Waals surface area contributed by atoms with E-state index in [1.54, 1.807) is 12.1 Å². The van der Waals surface area contributed by atoms with Crippen LogP contribution >= 0.6 is 0 Å². The molecular formula is C18H22N2O3S. The Bertz CT molecular complexity index is 772. The monoisotopic (exact) mass is 346 g/mol. The zero-order chi connectivity index (χ0) is 17.6. The SMILES string of the molecule is Cc1ccc(S(=O)(=O)N[C@H](C)C(=O)NCCc2ccccc2)cc1. The predicted octanol–water partition coefficient (Wildman–Crippen LogP) is 2.02. The lowest BCUT2D eigenvalue weighted by molar-refractivity contribution is -0.122. The van der Waals surface area contributed by atoms with Crippen molar-refractivity contribution in [3.05, 3.63) is 65.7 Å². The first-order valence-corrected chi connectivity index (χ1v) is 9.27. The fourth-order valence-electron chi connectivity index (χ4n) is 2.20. The van der Waals surface area contributed by atoms with Crippen LogP contribution in [0.5, 0.6) is 0 Å². The van der Waals surface area contributed by atoms with E-state index in [0.29, 0.717) is 13.0 Å². The Balaban J connectivity index is 1.87. The van der Waals surface area contributed by atoms with Gasteiger partial charge in [-0.2, -0.15) is 4.72 Å². The van der Waals surface area contributed by atoms with Crippen LogP contribution in [-0.4, -0.2) is 26.9 Å². The maximum atomic E-state index is 12.3. The van der Waals surface area contributed by atoms with E-state index in [9.17, 15) is 13.2 Å². The van der Waals surface area contributed by atoms with E-state index in [-0.39, 0.29) is 10.8 Å². The number of carbonyl (C=O) groups excluding carboxylic acids is 1. The van der Waals surface area contributed by atoms with Crippen LogP contribution in [0.15, 0.2) is 59.5 Å². The third kappa shape index (κ3) is 5.18. The summed E-state index contributed by atoms with van der Waals surface area (Å²) in [4.78, 5) is 12.2. The van der Waals surface area contributed by atoms with Gasteiger partial charge in [-0.1, -0.05) is 48.0 Å². The first-order chi connectivity index (χ1) is 11.4. The van der Waals surface area contributed by atoms with Gasteiger partial charge in [0.25, 0.3) is 0 Å². The molecule has 0 aliphatic carbocycles. The van der Waals surface area contributed by atoms with Crippen LogP contribution in [0.3, 0.4) is 0 Å². The van der Waals surface area contributed by atoms with Crippen molar-refractivity contribution in [3.63, 3.8) is 0 Å². The molecule has 128 valence electrons. The van der Waals surface area contributed by atoms with Crippen molar-refractivity contribution in [2.75, 3.05) is 6.54 Å². The van der Waals surface area contributed by atoms with Gasteiger partial charge in [0.15, 0.2) is 0 Å². The van der Waals surface area contributed by atoms with Crippen molar-refractivity contribution in [2.24, 2.45) is 0 Å². The van der Waals surface area contributed by atoms with E-state index in [1.165, 1.54) is 19.1 Å². The molecule has 2 aromatic carbocycles. The van der Waals surface area contributed by atoms with Gasteiger partial charge < -0.3 is 5.32 Å². The van der Waals surface area contributed by atoms with Gasteiger partial charge in [0.1, 0.15) is 0 Å². The smallest absolute Gasteiger partial charge is 0.241 e. The van der Waals surface area contributed by atoms with Crippen LogP contribution in [-0.2, 0) is 21.2 Å². The first kappa shape index (κ1) is 18.2. The zero-order valence-corrected chi connectivity index (χ0v) is 14.6. The van der Waals surface area contributed by atoms with Crippen LogP contribution in [0, 0.1) is 6.92 Å². The lowest BCUT2D eigenvalue weighted by Gasteiger charge is -2.14. The Labute approximate surface area is 143 Å². The van der Waals surface area contributed by atoms with Gasteiger partial charge in [0, 0.05) is 6.54 Å². The molecule has 0 saturated carbocycles. The van der Waals surface area contributed by atoms with Crippen LogP contribution < -0.4 is 10.0 Å². The second-order valence-electron chi connectivity index (χ2n) is 5.68. The lowest BCUT2D eigenvalue weighted by Crippen LogP contribution is -2.45. The molecule has 1 atom stereocenters. The molecule has 0 aromatic heterocycles. The van der Waals surface area contributed by atoms with Crippen molar-refractivity contribution in [2.45, 2.75) is 31.2 Å². The molecule has 0 saturated heterocycles. The number of carbonyl (C=O) groups is 1. The molecule has 0 unspecified atom stereocenters. The molecule has 2 aromatic rings. The normalized spacial score (nSPS) is 12.6. The van der Waals surface area contributed by atoms with Crippen molar-refractivity contribution in [3.8, 4) is 0 Å². The van der Waals surface area contributed by atoms with Crippen LogP contribution in [0.25, 0.3) is 0 Å². The Hall–Kier alpha value is -2.18. The maximum Gasteiger partial charge on any atom is 0.241 e. The molecule has 0 spiro atoms. The first-order valence-electron chi connectivity index (χ1n) is 7.79. The number of hydrogen-bond donors (Lipinski definition) is 2. The quantitative estimate of drug-likeness (QED) is 0.805. The fraction of sp³-hybridized carbons (Fsp3) is 0.278. The molecule has 2 rings (SSSR count). The Morgan fingerprint density at radius 1 is 1.04 bits per heavy atom. The highest BCUT2D eigenvalue weighted by atomic mass is 32.2. The summed E-state index contributed by atoms with van der Waals surface area (Å²) in [7, 11) is -3.71. The number of hydrogen-bond acceptors (Lipinski definition) is 3. The van der Waals surface area contributed by atoms with Gasteiger partial charge in [-0.3, -0.25) is 4.79 Å². The summed E-state index contributed by atoms with van der Waals surface area (Å²) in [5.41, 5.74) is 2.09. The van der Waals surface area contributed by atoms with Crippen LogP contribution in [0.1, 0.15) is 18.1 Å². The summed E-state index contributed by atoms with van der Waals surface area (Å²) in [6, 6.07) is 15.4. The molecule has 0 radical (unpaired) electrons. The molecule has 24 heavy (non-hydrogen) atoms. The maximum absolute atomic E-state index is 12.3. The summed E-state index contributed by atoms with van der Waals surface area (Å²) in [5.74, 6) is -0.346. The highest BCUT2D eigenvalue weighted by Gasteiger charge is 2.21. The van der Waals surface area contributed by atoms with Crippen LogP contribution in [0.4, 0.5) is 0 Å². The van der Waals surface area contributed by atoms with Gasteiger partial charge in [-0.05, 0) is 38.0 Å². The summed E-state index contributed by atoms with van der Waals surface area (Å²) in [6.45, 7) is 3.87. The molecule has 2 N–H and O–H groups in total.